The van der Waals surface area contributed by atoms with Crippen LogP contribution in [0.15, 0.2) is 24.3 Å². The van der Waals surface area contributed by atoms with Crippen LogP contribution < -0.4 is 0 Å². The van der Waals surface area contributed by atoms with Crippen molar-refractivity contribution in [1.29, 1.82) is 0 Å². The van der Waals surface area contributed by atoms with Gasteiger partial charge in [0.2, 0.25) is 0 Å². The van der Waals surface area contributed by atoms with Crippen molar-refractivity contribution in [2.45, 2.75) is 117 Å². The Bertz CT molecular complexity index is 597. The van der Waals surface area contributed by atoms with Crippen molar-refractivity contribution >= 4 is 28.1 Å². The summed E-state index contributed by atoms with van der Waals surface area (Å²) in [5.74, 6) is 0. The van der Waals surface area contributed by atoms with Crippen molar-refractivity contribution in [3.05, 3.63) is 57.6 Å². The summed E-state index contributed by atoms with van der Waals surface area (Å²) in [6.07, 6.45) is 18.9. The molecule has 1 radical (unpaired) electrons. The zero-order chi connectivity index (χ0) is 23.6. The van der Waals surface area contributed by atoms with Crippen LogP contribution in [0.1, 0.15) is 98.6 Å². The summed E-state index contributed by atoms with van der Waals surface area (Å²) < 4.78 is 0. The van der Waals surface area contributed by atoms with E-state index in [4.69, 9.17) is 18.6 Å². The summed E-state index contributed by atoms with van der Waals surface area (Å²) in [5.41, 5.74) is 9.78. The summed E-state index contributed by atoms with van der Waals surface area (Å²) in [6, 6.07) is 9.79. The Balaban J connectivity index is 0.000000258. The van der Waals surface area contributed by atoms with Crippen LogP contribution in [0.2, 0.25) is 13.1 Å². The van der Waals surface area contributed by atoms with Crippen molar-refractivity contribution in [2.24, 2.45) is 0 Å². The Morgan fingerprint density at radius 2 is 1.09 bits per heavy atom. The Morgan fingerprint density at radius 1 is 0.750 bits per heavy atom. The van der Waals surface area contributed by atoms with Gasteiger partial charge in [-0.3, -0.25) is 0 Å². The zero-order valence-electron chi connectivity index (χ0n) is 21.0. The number of hydrogen-bond acceptors (Lipinski definition) is 0. The maximum absolute atomic E-state index is 4.89. The SMILES string of the molecule is CCCCc1cc2c([cH-]1)CCCC2.CCCCc1cc2c([cH-]1)CCCC2.C[SiH]C.[Cl][Ti][Cl]. The molecule has 4 rings (SSSR count). The van der Waals surface area contributed by atoms with Crippen LogP contribution in [0.25, 0.3) is 0 Å². The van der Waals surface area contributed by atoms with Gasteiger partial charge in [-0.25, -0.2) is 12.1 Å². The van der Waals surface area contributed by atoms with Crippen molar-refractivity contribution < 1.29 is 17.0 Å². The van der Waals surface area contributed by atoms with Gasteiger partial charge in [0.25, 0.3) is 0 Å². The summed E-state index contributed by atoms with van der Waals surface area (Å²) >= 11 is -0.556. The molecule has 0 N–H and O–H groups in total. The van der Waals surface area contributed by atoms with Gasteiger partial charge in [-0.05, 0) is 0 Å². The number of unbranched alkanes of at least 4 members (excludes halogenated alkanes) is 2. The minimum atomic E-state index is -0.556. The monoisotopic (exact) mass is 527 g/mol. The van der Waals surface area contributed by atoms with Crippen molar-refractivity contribution in [1.82, 2.24) is 0 Å². The molecule has 0 atom stereocenters. The molecule has 0 aromatic heterocycles. The number of fused-ring (bicyclic) bond motifs is 2. The van der Waals surface area contributed by atoms with E-state index in [1.54, 1.807) is 33.4 Å². The summed E-state index contributed by atoms with van der Waals surface area (Å²) in [5, 5.41) is 0. The molecule has 0 aliphatic heterocycles. The zero-order valence-corrected chi connectivity index (χ0v) is 25.3. The van der Waals surface area contributed by atoms with Crippen molar-refractivity contribution in [3.8, 4) is 0 Å². The van der Waals surface area contributed by atoms with E-state index in [0.717, 1.165) is 9.52 Å². The molecule has 0 bridgehead atoms. The molecule has 2 aliphatic carbocycles. The molecule has 0 spiro atoms. The van der Waals surface area contributed by atoms with Crippen LogP contribution >= 0.6 is 18.6 Å². The first-order valence-corrected chi connectivity index (χ1v) is 19.5. The summed E-state index contributed by atoms with van der Waals surface area (Å²) in [7, 11) is 10.5. The third kappa shape index (κ3) is 12.1. The molecule has 32 heavy (non-hydrogen) atoms. The van der Waals surface area contributed by atoms with Crippen LogP contribution in [0.3, 0.4) is 0 Å². The van der Waals surface area contributed by atoms with E-state index in [1.165, 1.54) is 89.9 Å². The first-order chi connectivity index (χ1) is 15.6. The number of hydrogen-bond donors (Lipinski definition) is 0. The van der Waals surface area contributed by atoms with Gasteiger partial charge in [0.1, 0.15) is 0 Å². The second-order valence-electron chi connectivity index (χ2n) is 9.10. The summed E-state index contributed by atoms with van der Waals surface area (Å²) in [4.78, 5) is 0. The van der Waals surface area contributed by atoms with Crippen LogP contribution in [0.5, 0.6) is 0 Å². The molecule has 181 valence electrons. The fraction of sp³-hybridized carbons (Fsp3) is 0.643. The quantitative estimate of drug-likeness (QED) is 0.259. The number of halogens is 2. The Kier molecular flexibility index (Phi) is 18.4. The first-order valence-electron chi connectivity index (χ1n) is 12.9. The first kappa shape index (κ1) is 30.2. The van der Waals surface area contributed by atoms with Crippen LogP contribution in [-0.2, 0) is 55.6 Å². The van der Waals surface area contributed by atoms with Gasteiger partial charge in [0.15, 0.2) is 0 Å². The van der Waals surface area contributed by atoms with E-state index in [9.17, 15) is 0 Å². The average molecular weight is 529 g/mol. The van der Waals surface area contributed by atoms with Gasteiger partial charge in [0.05, 0.1) is 0 Å². The van der Waals surface area contributed by atoms with Gasteiger partial charge >= 0.3 is 35.6 Å². The van der Waals surface area contributed by atoms with Crippen molar-refractivity contribution in [3.63, 3.8) is 0 Å². The van der Waals surface area contributed by atoms with E-state index >= 15 is 0 Å². The molecular weight excluding hydrogens is 483 g/mol. The standard InChI is InChI=1S/2C13H19.C2H7Si.2ClH.Ti/c2*1-2-3-6-11-9-12-7-4-5-8-13(12)10-11;1-3-2;;;/h2*9-10H,2-8H2,1H3;3H,1-2H3;2*1H;/q2*-1;;;;+2/p-2. The second kappa shape index (κ2) is 19.5. The molecule has 0 saturated carbocycles. The van der Waals surface area contributed by atoms with E-state index in [0.29, 0.717) is 0 Å². The normalized spacial score (nSPS) is 13.8. The van der Waals surface area contributed by atoms with Crippen LogP contribution in [0, 0.1) is 0 Å². The van der Waals surface area contributed by atoms with Gasteiger partial charge in [-0.2, -0.15) is 45.5 Å². The van der Waals surface area contributed by atoms with E-state index in [-0.39, 0.29) is 0 Å². The van der Waals surface area contributed by atoms with E-state index in [1.807, 2.05) is 0 Å². The van der Waals surface area contributed by atoms with Crippen molar-refractivity contribution in [2.75, 3.05) is 0 Å². The fourth-order valence-corrected chi connectivity index (χ4v) is 4.59. The molecule has 0 amide bonds. The van der Waals surface area contributed by atoms with Gasteiger partial charge in [-0.1, -0.05) is 117 Å². The topological polar surface area (TPSA) is 0 Å². The maximum atomic E-state index is 4.89. The predicted octanol–water partition coefficient (Wildman–Crippen LogP) is 9.15. The average Bonchev–Trinajstić information content (AvgIpc) is 3.41. The molecule has 0 saturated heterocycles. The van der Waals surface area contributed by atoms with Crippen LogP contribution in [0.4, 0.5) is 0 Å². The molecule has 2 aromatic carbocycles. The van der Waals surface area contributed by atoms with Crippen LogP contribution in [-0.4, -0.2) is 9.52 Å². The molecule has 0 heterocycles. The Morgan fingerprint density at radius 3 is 1.41 bits per heavy atom. The molecule has 2 aliphatic rings. The van der Waals surface area contributed by atoms with E-state index < -0.39 is 17.0 Å². The summed E-state index contributed by atoms with van der Waals surface area (Å²) in [6.45, 7) is 8.95. The fourth-order valence-electron chi connectivity index (χ4n) is 4.59. The predicted molar refractivity (Wildman–Crippen MR) is 145 cm³/mol. The Hall–Kier alpha value is 0.211. The third-order valence-electron chi connectivity index (χ3n) is 6.19. The molecule has 0 unspecified atom stereocenters. The third-order valence-corrected chi connectivity index (χ3v) is 6.19. The Labute approximate surface area is 218 Å². The molecule has 0 nitrogen and oxygen atoms in total. The van der Waals surface area contributed by atoms with Gasteiger partial charge in [-0.15, -0.1) is 0 Å². The number of rotatable bonds is 6. The van der Waals surface area contributed by atoms with Gasteiger partial charge in [0, 0.05) is 9.52 Å². The molecule has 0 fully saturated rings. The second-order valence-corrected chi connectivity index (χ2v) is 12.8. The molecular formula is C28H45Cl2SiTi-2. The molecule has 4 heteroatoms. The number of aryl methyl sites for hydroxylation is 6. The molecule has 2 aromatic rings. The minimum absolute atomic E-state index is 0.556. The van der Waals surface area contributed by atoms with Gasteiger partial charge < -0.3 is 0 Å². The van der Waals surface area contributed by atoms with E-state index in [2.05, 4.69) is 51.2 Å².